The number of benzene rings is 2. The SMILES string of the molecule is C=Cc1ccc(C(=O)c2cccc(N)c2)cc1. The average Bonchev–Trinajstić information content (AvgIpc) is 2.38. The smallest absolute Gasteiger partial charge is 0.193 e. The minimum Gasteiger partial charge on any atom is -0.399 e. The summed E-state index contributed by atoms with van der Waals surface area (Å²) < 4.78 is 0. The van der Waals surface area contributed by atoms with E-state index in [1.54, 1.807) is 42.5 Å². The molecule has 2 nitrogen and oxygen atoms in total. The van der Waals surface area contributed by atoms with Crippen molar-refractivity contribution in [3.8, 4) is 0 Å². The summed E-state index contributed by atoms with van der Waals surface area (Å²) in [6.07, 6.45) is 1.74. The highest BCUT2D eigenvalue weighted by molar-refractivity contribution is 6.09. The van der Waals surface area contributed by atoms with Gasteiger partial charge in [0.15, 0.2) is 5.78 Å². The zero-order valence-electron chi connectivity index (χ0n) is 9.39. The Morgan fingerprint density at radius 2 is 1.76 bits per heavy atom. The minimum absolute atomic E-state index is 0.0205. The first-order chi connectivity index (χ1) is 8.20. The summed E-state index contributed by atoms with van der Waals surface area (Å²) in [5.41, 5.74) is 8.51. The Bertz CT molecular complexity index is 555. The molecule has 0 bridgehead atoms. The van der Waals surface area contributed by atoms with Crippen molar-refractivity contribution in [2.24, 2.45) is 0 Å². The van der Waals surface area contributed by atoms with Crippen LogP contribution in [-0.4, -0.2) is 5.78 Å². The van der Waals surface area contributed by atoms with Gasteiger partial charge < -0.3 is 5.73 Å². The topological polar surface area (TPSA) is 43.1 Å². The summed E-state index contributed by atoms with van der Waals surface area (Å²) in [4.78, 5) is 12.1. The Hall–Kier alpha value is -2.35. The van der Waals surface area contributed by atoms with E-state index in [0.29, 0.717) is 16.8 Å². The van der Waals surface area contributed by atoms with Gasteiger partial charge in [-0.25, -0.2) is 0 Å². The van der Waals surface area contributed by atoms with Gasteiger partial charge in [-0.3, -0.25) is 4.79 Å². The molecule has 0 radical (unpaired) electrons. The van der Waals surface area contributed by atoms with Gasteiger partial charge in [0, 0.05) is 16.8 Å². The largest absolute Gasteiger partial charge is 0.399 e. The van der Waals surface area contributed by atoms with Crippen molar-refractivity contribution in [1.29, 1.82) is 0 Å². The predicted octanol–water partition coefficient (Wildman–Crippen LogP) is 3.14. The first-order valence-corrected chi connectivity index (χ1v) is 5.33. The van der Waals surface area contributed by atoms with E-state index in [1.165, 1.54) is 0 Å². The van der Waals surface area contributed by atoms with E-state index < -0.39 is 0 Å². The van der Waals surface area contributed by atoms with Crippen LogP contribution in [0.2, 0.25) is 0 Å². The summed E-state index contributed by atoms with van der Waals surface area (Å²) in [5, 5.41) is 0. The standard InChI is InChI=1S/C15H13NO/c1-2-11-6-8-12(9-7-11)15(17)13-4-3-5-14(16)10-13/h2-10H,1,16H2. The number of nitrogen functional groups attached to an aromatic ring is 1. The van der Waals surface area contributed by atoms with Crippen molar-refractivity contribution in [3.05, 3.63) is 71.8 Å². The van der Waals surface area contributed by atoms with Crippen LogP contribution >= 0.6 is 0 Å². The Kier molecular flexibility index (Phi) is 3.06. The Morgan fingerprint density at radius 3 is 2.35 bits per heavy atom. The van der Waals surface area contributed by atoms with Crippen molar-refractivity contribution in [3.63, 3.8) is 0 Å². The number of carbonyl (C=O) groups excluding carboxylic acids is 1. The molecule has 0 saturated carbocycles. The van der Waals surface area contributed by atoms with Crippen molar-refractivity contribution >= 4 is 17.5 Å². The molecule has 0 aromatic heterocycles. The zero-order valence-corrected chi connectivity index (χ0v) is 9.39. The highest BCUT2D eigenvalue weighted by Crippen LogP contribution is 2.14. The molecule has 2 rings (SSSR count). The fraction of sp³-hybridized carbons (Fsp3) is 0. The quantitative estimate of drug-likeness (QED) is 0.641. The van der Waals surface area contributed by atoms with Gasteiger partial charge in [0.25, 0.3) is 0 Å². The number of hydrogen-bond acceptors (Lipinski definition) is 2. The average molecular weight is 223 g/mol. The molecule has 0 fully saturated rings. The number of ketones is 1. The summed E-state index contributed by atoms with van der Waals surface area (Å²) in [6, 6.07) is 14.3. The molecule has 0 amide bonds. The van der Waals surface area contributed by atoms with Crippen LogP contribution in [-0.2, 0) is 0 Å². The summed E-state index contributed by atoms with van der Waals surface area (Å²) in [6.45, 7) is 3.67. The third-order valence-electron chi connectivity index (χ3n) is 2.56. The number of hydrogen-bond donors (Lipinski definition) is 1. The van der Waals surface area contributed by atoms with Crippen LogP contribution in [0, 0.1) is 0 Å². The van der Waals surface area contributed by atoms with Gasteiger partial charge >= 0.3 is 0 Å². The molecule has 0 atom stereocenters. The van der Waals surface area contributed by atoms with Gasteiger partial charge in [0.2, 0.25) is 0 Å². The molecule has 0 aliphatic heterocycles. The molecule has 0 heterocycles. The van der Waals surface area contributed by atoms with Crippen LogP contribution < -0.4 is 5.73 Å². The van der Waals surface area contributed by atoms with Gasteiger partial charge in [0.1, 0.15) is 0 Å². The molecular formula is C15H13NO. The molecular weight excluding hydrogens is 210 g/mol. The lowest BCUT2D eigenvalue weighted by molar-refractivity contribution is 0.103. The highest BCUT2D eigenvalue weighted by atomic mass is 16.1. The fourth-order valence-electron chi connectivity index (χ4n) is 1.62. The normalized spacial score (nSPS) is 9.88. The second kappa shape index (κ2) is 4.66. The Labute approximate surface area is 100 Å². The van der Waals surface area contributed by atoms with Gasteiger partial charge in [-0.15, -0.1) is 0 Å². The van der Waals surface area contributed by atoms with Crippen LogP contribution in [0.15, 0.2) is 55.1 Å². The monoisotopic (exact) mass is 223 g/mol. The first kappa shape index (κ1) is 11.1. The molecule has 2 aromatic rings. The second-order valence-corrected chi connectivity index (χ2v) is 3.78. The van der Waals surface area contributed by atoms with E-state index in [0.717, 1.165) is 5.56 Å². The predicted molar refractivity (Wildman–Crippen MR) is 70.8 cm³/mol. The number of nitrogens with two attached hydrogens (primary N) is 1. The molecule has 0 saturated heterocycles. The third-order valence-corrected chi connectivity index (χ3v) is 2.56. The highest BCUT2D eigenvalue weighted by Gasteiger charge is 2.08. The van der Waals surface area contributed by atoms with E-state index in [9.17, 15) is 4.79 Å². The molecule has 2 heteroatoms. The maximum absolute atomic E-state index is 12.1. The van der Waals surface area contributed by atoms with E-state index in [2.05, 4.69) is 6.58 Å². The second-order valence-electron chi connectivity index (χ2n) is 3.78. The van der Waals surface area contributed by atoms with Crippen molar-refractivity contribution < 1.29 is 4.79 Å². The molecule has 84 valence electrons. The van der Waals surface area contributed by atoms with Crippen molar-refractivity contribution in [1.82, 2.24) is 0 Å². The molecule has 0 unspecified atom stereocenters. The maximum atomic E-state index is 12.1. The van der Waals surface area contributed by atoms with E-state index in [4.69, 9.17) is 5.73 Å². The first-order valence-electron chi connectivity index (χ1n) is 5.33. The molecule has 2 aromatic carbocycles. The van der Waals surface area contributed by atoms with Gasteiger partial charge in [-0.1, -0.05) is 49.1 Å². The lowest BCUT2D eigenvalue weighted by Crippen LogP contribution is -2.01. The zero-order chi connectivity index (χ0) is 12.3. The number of rotatable bonds is 3. The van der Waals surface area contributed by atoms with Crippen LogP contribution in [0.5, 0.6) is 0 Å². The molecule has 0 aliphatic rings. The maximum Gasteiger partial charge on any atom is 0.193 e. The van der Waals surface area contributed by atoms with Crippen LogP contribution in [0.1, 0.15) is 21.5 Å². The fourth-order valence-corrected chi connectivity index (χ4v) is 1.62. The molecule has 0 aliphatic carbocycles. The minimum atomic E-state index is -0.0205. The van der Waals surface area contributed by atoms with Gasteiger partial charge in [-0.2, -0.15) is 0 Å². The Balaban J connectivity index is 2.33. The van der Waals surface area contributed by atoms with E-state index in [1.807, 2.05) is 12.1 Å². The lowest BCUT2D eigenvalue weighted by atomic mass is 10.0. The summed E-state index contributed by atoms with van der Waals surface area (Å²) >= 11 is 0. The van der Waals surface area contributed by atoms with Crippen LogP contribution in [0.25, 0.3) is 6.08 Å². The van der Waals surface area contributed by atoms with Crippen LogP contribution in [0.4, 0.5) is 5.69 Å². The molecule has 17 heavy (non-hydrogen) atoms. The number of carbonyl (C=O) groups is 1. The van der Waals surface area contributed by atoms with Gasteiger partial charge in [0.05, 0.1) is 0 Å². The molecule has 0 spiro atoms. The Morgan fingerprint density at radius 1 is 1.06 bits per heavy atom. The van der Waals surface area contributed by atoms with Crippen LogP contribution in [0.3, 0.4) is 0 Å². The third kappa shape index (κ3) is 2.42. The van der Waals surface area contributed by atoms with Crippen molar-refractivity contribution in [2.75, 3.05) is 5.73 Å². The summed E-state index contributed by atoms with van der Waals surface area (Å²) in [7, 11) is 0. The molecule has 2 N–H and O–H groups in total. The number of anilines is 1. The van der Waals surface area contributed by atoms with Gasteiger partial charge in [-0.05, 0) is 17.7 Å². The van der Waals surface area contributed by atoms with E-state index >= 15 is 0 Å². The summed E-state index contributed by atoms with van der Waals surface area (Å²) in [5.74, 6) is -0.0205. The lowest BCUT2D eigenvalue weighted by Gasteiger charge is -2.02. The van der Waals surface area contributed by atoms with Crippen molar-refractivity contribution in [2.45, 2.75) is 0 Å². The van der Waals surface area contributed by atoms with E-state index in [-0.39, 0.29) is 5.78 Å².